The number of rotatable bonds is 6. The van der Waals surface area contributed by atoms with E-state index in [1.165, 1.54) is 16.7 Å². The molecule has 0 radical (unpaired) electrons. The Morgan fingerprint density at radius 2 is 1.94 bits per heavy atom. The Morgan fingerprint density at radius 3 is 2.66 bits per heavy atom. The number of amides is 1. The van der Waals surface area contributed by atoms with Crippen LogP contribution in [-0.4, -0.2) is 26.1 Å². The van der Waals surface area contributed by atoms with E-state index in [-0.39, 0.29) is 28.3 Å². The molecule has 35 heavy (non-hydrogen) atoms. The van der Waals surface area contributed by atoms with E-state index in [4.69, 9.17) is 0 Å². The molecule has 4 rings (SSSR count). The zero-order chi connectivity index (χ0) is 25.1. The first-order chi connectivity index (χ1) is 16.8. The average molecular weight is 486 g/mol. The highest BCUT2D eigenvalue weighted by Crippen LogP contribution is 2.25. The summed E-state index contributed by atoms with van der Waals surface area (Å²) in [5.74, 6) is -0.549. The van der Waals surface area contributed by atoms with Gasteiger partial charge in [-0.2, -0.15) is 5.26 Å². The summed E-state index contributed by atoms with van der Waals surface area (Å²) in [5, 5.41) is 23.7. The van der Waals surface area contributed by atoms with Gasteiger partial charge in [0.15, 0.2) is 5.16 Å². The Morgan fingerprint density at radius 1 is 1.17 bits per heavy atom. The van der Waals surface area contributed by atoms with Gasteiger partial charge in [0, 0.05) is 12.1 Å². The lowest BCUT2D eigenvalue weighted by Gasteiger charge is -2.15. The largest absolute Gasteiger partial charge is 0.324 e. The van der Waals surface area contributed by atoms with Gasteiger partial charge in [-0.3, -0.25) is 24.3 Å². The highest BCUT2D eigenvalue weighted by atomic mass is 32.2. The number of carbonyl (C=O) groups is 1. The summed E-state index contributed by atoms with van der Waals surface area (Å²) < 4.78 is 1.50. The molecule has 0 aliphatic rings. The number of non-ortho nitro benzene ring substituents is 1. The summed E-state index contributed by atoms with van der Waals surface area (Å²) in [4.78, 5) is 41.1. The number of hydrogen-bond acceptors (Lipinski definition) is 7. The molecule has 0 bridgehead atoms. The molecule has 174 valence electrons. The van der Waals surface area contributed by atoms with Crippen LogP contribution < -0.4 is 10.9 Å². The first-order valence-corrected chi connectivity index (χ1v) is 11.5. The molecule has 0 spiro atoms. The standard InChI is InChI=1S/C25H19N5O4S/c1-15-7-10-22(16(2)11-15)29-24(32)19-5-3-4-6-21(19)28-25(29)35-14-23(31)27-20-9-8-18(30(33)34)12-17(20)13-26/h3-12H,14H2,1-2H3,(H,27,31). The van der Waals surface area contributed by atoms with Crippen LogP contribution in [0, 0.1) is 35.3 Å². The second-order valence-electron chi connectivity index (χ2n) is 7.78. The van der Waals surface area contributed by atoms with Crippen LogP contribution in [0.25, 0.3) is 16.6 Å². The SMILES string of the molecule is Cc1ccc(-n2c(SCC(=O)Nc3ccc([N+](=O)[O-])cc3C#N)nc3ccccc3c2=O)c(C)c1. The smallest absolute Gasteiger partial charge is 0.270 e. The summed E-state index contributed by atoms with van der Waals surface area (Å²) in [6, 6.07) is 18.2. The number of nitro benzene ring substituents is 1. The quantitative estimate of drug-likeness (QED) is 0.184. The van der Waals surface area contributed by atoms with Gasteiger partial charge < -0.3 is 5.32 Å². The van der Waals surface area contributed by atoms with Crippen LogP contribution >= 0.6 is 11.8 Å². The monoisotopic (exact) mass is 485 g/mol. The van der Waals surface area contributed by atoms with E-state index in [0.717, 1.165) is 29.0 Å². The Labute approximate surface area is 204 Å². The van der Waals surface area contributed by atoms with E-state index in [9.17, 15) is 25.0 Å². The van der Waals surface area contributed by atoms with Gasteiger partial charge in [0.25, 0.3) is 11.2 Å². The number of nitrogens with one attached hydrogen (secondary N) is 1. The van der Waals surface area contributed by atoms with Gasteiger partial charge in [0.05, 0.1) is 38.5 Å². The molecule has 3 aromatic carbocycles. The Balaban J connectivity index is 1.67. The summed E-state index contributed by atoms with van der Waals surface area (Å²) in [6.07, 6.45) is 0. The van der Waals surface area contributed by atoms with E-state index >= 15 is 0 Å². The number of aromatic nitrogens is 2. The molecule has 4 aromatic rings. The van der Waals surface area contributed by atoms with Crippen LogP contribution in [0.2, 0.25) is 0 Å². The molecule has 10 heteroatoms. The van der Waals surface area contributed by atoms with Crippen LogP contribution in [0.3, 0.4) is 0 Å². The third kappa shape index (κ3) is 4.90. The number of para-hydroxylation sites is 1. The minimum absolute atomic E-state index is 0.0198. The van der Waals surface area contributed by atoms with Crippen molar-refractivity contribution in [2.24, 2.45) is 0 Å². The molecule has 1 aromatic heterocycles. The van der Waals surface area contributed by atoms with E-state index in [1.54, 1.807) is 24.3 Å². The van der Waals surface area contributed by atoms with E-state index in [1.807, 2.05) is 38.1 Å². The minimum atomic E-state index is -0.611. The van der Waals surface area contributed by atoms with Crippen molar-refractivity contribution in [2.45, 2.75) is 19.0 Å². The molecule has 0 aliphatic heterocycles. The minimum Gasteiger partial charge on any atom is -0.324 e. The molecule has 0 aliphatic carbocycles. The maximum Gasteiger partial charge on any atom is 0.270 e. The summed E-state index contributed by atoms with van der Waals surface area (Å²) in [5.41, 5.74) is 2.79. The summed E-state index contributed by atoms with van der Waals surface area (Å²) in [7, 11) is 0. The number of anilines is 1. The van der Waals surface area contributed by atoms with Crippen LogP contribution in [0.4, 0.5) is 11.4 Å². The number of benzene rings is 3. The first-order valence-electron chi connectivity index (χ1n) is 10.5. The highest BCUT2D eigenvalue weighted by Gasteiger charge is 2.17. The first kappa shape index (κ1) is 23.7. The molecular formula is C25H19N5O4S. The number of nitrogens with zero attached hydrogens (tertiary/aromatic N) is 4. The van der Waals surface area contributed by atoms with E-state index < -0.39 is 10.8 Å². The Bertz CT molecular complexity index is 1590. The molecule has 0 saturated carbocycles. The van der Waals surface area contributed by atoms with E-state index in [2.05, 4.69) is 10.3 Å². The topological polar surface area (TPSA) is 131 Å². The molecule has 1 N–H and O–H groups in total. The molecular weight excluding hydrogens is 466 g/mol. The number of hydrogen-bond donors (Lipinski definition) is 1. The predicted molar refractivity (Wildman–Crippen MR) is 134 cm³/mol. The number of carbonyl (C=O) groups excluding carboxylic acids is 1. The average Bonchev–Trinajstić information content (AvgIpc) is 2.83. The van der Waals surface area contributed by atoms with Crippen molar-refractivity contribution in [1.82, 2.24) is 9.55 Å². The number of thioether (sulfide) groups is 1. The number of fused-ring (bicyclic) bond motifs is 1. The summed E-state index contributed by atoms with van der Waals surface area (Å²) in [6.45, 7) is 3.87. The predicted octanol–water partition coefficient (Wildman–Crippen LogP) is 4.51. The van der Waals surface area contributed by atoms with Crippen LogP contribution in [-0.2, 0) is 4.79 Å². The Kier molecular flexibility index (Phi) is 6.62. The van der Waals surface area contributed by atoms with Crippen molar-refractivity contribution in [2.75, 3.05) is 11.1 Å². The zero-order valence-electron chi connectivity index (χ0n) is 18.8. The van der Waals surface area contributed by atoms with Gasteiger partial charge in [-0.15, -0.1) is 0 Å². The lowest BCUT2D eigenvalue weighted by atomic mass is 10.1. The molecule has 1 amide bonds. The maximum absolute atomic E-state index is 13.4. The van der Waals surface area contributed by atoms with Crippen LogP contribution in [0.15, 0.2) is 70.6 Å². The fourth-order valence-corrected chi connectivity index (χ4v) is 4.45. The second kappa shape index (κ2) is 9.79. The fraction of sp³-hybridized carbons (Fsp3) is 0.120. The second-order valence-corrected chi connectivity index (χ2v) is 8.72. The van der Waals surface area contributed by atoms with Gasteiger partial charge >= 0.3 is 0 Å². The van der Waals surface area contributed by atoms with Crippen molar-refractivity contribution < 1.29 is 9.72 Å². The zero-order valence-corrected chi connectivity index (χ0v) is 19.6. The van der Waals surface area contributed by atoms with Crippen LogP contribution in [0.1, 0.15) is 16.7 Å². The molecule has 0 unspecified atom stereocenters. The number of nitriles is 1. The number of nitro groups is 1. The van der Waals surface area contributed by atoms with Crippen molar-refractivity contribution in [3.8, 4) is 11.8 Å². The maximum atomic E-state index is 13.4. The fourth-order valence-electron chi connectivity index (χ4n) is 3.64. The van der Waals surface area contributed by atoms with Gasteiger partial charge in [-0.05, 0) is 43.7 Å². The van der Waals surface area contributed by atoms with Gasteiger partial charge in [-0.1, -0.05) is 41.6 Å². The third-order valence-electron chi connectivity index (χ3n) is 5.28. The molecule has 0 saturated heterocycles. The van der Waals surface area contributed by atoms with E-state index in [0.29, 0.717) is 21.7 Å². The third-order valence-corrected chi connectivity index (χ3v) is 6.22. The van der Waals surface area contributed by atoms with Gasteiger partial charge in [0.1, 0.15) is 6.07 Å². The lowest BCUT2D eigenvalue weighted by molar-refractivity contribution is -0.384. The van der Waals surface area contributed by atoms with Crippen molar-refractivity contribution in [1.29, 1.82) is 5.26 Å². The molecule has 1 heterocycles. The molecule has 9 nitrogen and oxygen atoms in total. The van der Waals surface area contributed by atoms with Crippen LogP contribution in [0.5, 0.6) is 0 Å². The van der Waals surface area contributed by atoms with Gasteiger partial charge in [0.2, 0.25) is 5.91 Å². The lowest BCUT2D eigenvalue weighted by Crippen LogP contribution is -2.23. The van der Waals surface area contributed by atoms with Gasteiger partial charge in [-0.25, -0.2) is 4.98 Å². The normalized spacial score (nSPS) is 10.7. The molecule has 0 atom stereocenters. The number of aryl methyl sites for hydroxylation is 2. The molecule has 0 fully saturated rings. The van der Waals surface area contributed by atoms with Crippen molar-refractivity contribution >= 4 is 39.9 Å². The Hall–Kier alpha value is -4.49. The van der Waals surface area contributed by atoms with Crippen molar-refractivity contribution in [3.63, 3.8) is 0 Å². The highest BCUT2D eigenvalue weighted by molar-refractivity contribution is 7.99. The summed E-state index contributed by atoms with van der Waals surface area (Å²) >= 11 is 1.08. The van der Waals surface area contributed by atoms with Crippen molar-refractivity contribution in [3.05, 3.63) is 97.8 Å².